The lowest BCUT2D eigenvalue weighted by Gasteiger charge is -2.31. The van der Waals surface area contributed by atoms with Gasteiger partial charge in [0, 0.05) is 12.1 Å². The Kier molecular flexibility index (Phi) is 6.97. The number of ether oxygens (including phenoxy) is 1. The molecule has 1 aliphatic heterocycles. The molecule has 1 saturated heterocycles. The van der Waals surface area contributed by atoms with E-state index in [0.717, 1.165) is 12.0 Å². The minimum atomic E-state index is -4.32. The molecule has 1 fully saturated rings. The summed E-state index contributed by atoms with van der Waals surface area (Å²) in [7, 11) is -3.14. The van der Waals surface area contributed by atoms with Crippen molar-refractivity contribution in [1.29, 1.82) is 0 Å². The second-order valence-electron chi connectivity index (χ2n) is 7.59. The predicted molar refractivity (Wildman–Crippen MR) is 117 cm³/mol. The van der Waals surface area contributed by atoms with Crippen molar-refractivity contribution in [3.63, 3.8) is 0 Å². The molecule has 0 spiro atoms. The molecule has 1 aliphatic rings. The molecule has 1 heterocycles. The topological polar surface area (TPSA) is 119 Å². The van der Waals surface area contributed by atoms with E-state index in [1.807, 2.05) is 6.92 Å². The van der Waals surface area contributed by atoms with Crippen LogP contribution in [0.25, 0.3) is 0 Å². The van der Waals surface area contributed by atoms with Gasteiger partial charge >= 0.3 is 5.97 Å². The number of methoxy groups -OCH3 is 1. The molecule has 0 saturated carbocycles. The van der Waals surface area contributed by atoms with E-state index in [2.05, 4.69) is 5.32 Å². The van der Waals surface area contributed by atoms with Crippen molar-refractivity contribution >= 4 is 27.6 Å². The van der Waals surface area contributed by atoms with Crippen LogP contribution < -0.4 is 11.1 Å². The highest BCUT2D eigenvalue weighted by Crippen LogP contribution is 2.25. The van der Waals surface area contributed by atoms with Crippen molar-refractivity contribution in [2.45, 2.75) is 43.2 Å². The van der Waals surface area contributed by atoms with Gasteiger partial charge in [-0.25, -0.2) is 17.5 Å². The third-order valence-corrected chi connectivity index (χ3v) is 7.14. The number of esters is 1. The average molecular weight is 446 g/mol. The summed E-state index contributed by atoms with van der Waals surface area (Å²) < 4.78 is 32.8. The van der Waals surface area contributed by atoms with Crippen molar-refractivity contribution in [2.75, 3.05) is 19.4 Å². The first-order valence-electron chi connectivity index (χ1n) is 10.0. The Labute approximate surface area is 182 Å². The Morgan fingerprint density at radius 2 is 1.81 bits per heavy atom. The van der Waals surface area contributed by atoms with Gasteiger partial charge in [-0.3, -0.25) is 4.79 Å². The lowest BCUT2D eigenvalue weighted by Crippen LogP contribution is -2.55. The van der Waals surface area contributed by atoms with E-state index >= 15 is 0 Å². The van der Waals surface area contributed by atoms with Crippen molar-refractivity contribution in [2.24, 2.45) is 0 Å². The number of nitrogens with zero attached hydrogens (tertiary/aromatic N) is 1. The van der Waals surface area contributed by atoms with E-state index in [0.29, 0.717) is 28.5 Å². The second kappa shape index (κ2) is 9.49. The quantitative estimate of drug-likeness (QED) is 0.491. The summed E-state index contributed by atoms with van der Waals surface area (Å²) >= 11 is 0. The number of benzene rings is 2. The largest absolute Gasteiger partial charge is 0.467 e. The molecule has 2 atom stereocenters. The van der Waals surface area contributed by atoms with E-state index in [9.17, 15) is 18.0 Å². The maximum atomic E-state index is 13.6. The van der Waals surface area contributed by atoms with Crippen molar-refractivity contribution in [3.05, 3.63) is 59.7 Å². The molecule has 0 unspecified atom stereocenters. The molecule has 2 aromatic rings. The number of carbonyl (C=O) groups excluding carboxylic acids is 2. The molecular weight excluding hydrogens is 418 g/mol. The van der Waals surface area contributed by atoms with Gasteiger partial charge in [-0.05, 0) is 56.1 Å². The number of hydrogen-bond acceptors (Lipinski definition) is 7. The van der Waals surface area contributed by atoms with E-state index in [-0.39, 0.29) is 11.3 Å². The zero-order chi connectivity index (χ0) is 22.6. The van der Waals surface area contributed by atoms with Crippen LogP contribution in [-0.2, 0) is 30.8 Å². The van der Waals surface area contributed by atoms with Crippen molar-refractivity contribution < 1.29 is 22.7 Å². The molecule has 2 aromatic carbocycles. The number of sulfonamides is 1. The van der Waals surface area contributed by atoms with Gasteiger partial charge in [-0.15, -0.1) is 0 Å². The Hall–Kier alpha value is -2.91. The third kappa shape index (κ3) is 5.05. The number of nitrogen functional groups attached to an aromatic ring is 1. The smallest absolute Gasteiger partial charge is 0.330 e. The number of aryl methyl sites for hydroxylation is 1. The van der Waals surface area contributed by atoms with Crippen LogP contribution in [-0.4, -0.2) is 50.3 Å². The first-order valence-corrected chi connectivity index (χ1v) is 11.5. The number of nitrogens with two attached hydrogens (primary N) is 1. The number of nitrogens with one attached hydrogen (secondary N) is 1. The molecule has 0 bridgehead atoms. The van der Waals surface area contributed by atoms with Gasteiger partial charge in [-0.1, -0.05) is 29.8 Å². The molecule has 0 radical (unpaired) electrons. The summed E-state index contributed by atoms with van der Waals surface area (Å²) in [5, 5.41) is 3.03. The standard InChI is InChI=1S/C22H27N3O5S/c1-15-5-11-18(12-6-15)31(28,29)25(21(26)19-4-3-13-24-19)20(22(27)30-2)14-16-7-9-17(23)10-8-16/h5-12,19-20,24H,3-4,13-14,23H2,1-2H3/t19-,20-/m0/s1. The summed E-state index contributed by atoms with van der Waals surface area (Å²) in [6.07, 6.45) is 1.21. The van der Waals surface area contributed by atoms with Crippen LogP contribution in [0.15, 0.2) is 53.4 Å². The first-order chi connectivity index (χ1) is 14.7. The zero-order valence-electron chi connectivity index (χ0n) is 17.6. The highest BCUT2D eigenvalue weighted by molar-refractivity contribution is 7.89. The minimum absolute atomic E-state index is 0.0312. The average Bonchev–Trinajstić information content (AvgIpc) is 3.29. The fourth-order valence-electron chi connectivity index (χ4n) is 3.59. The SMILES string of the molecule is COC(=O)[C@H](Cc1ccc(N)cc1)N(C(=O)[C@@H]1CCCN1)S(=O)(=O)c1ccc(C)cc1. The molecular formula is C22H27N3O5S. The lowest BCUT2D eigenvalue weighted by molar-refractivity contribution is -0.149. The number of amides is 1. The van der Waals surface area contributed by atoms with Crippen LogP contribution in [0.1, 0.15) is 24.0 Å². The van der Waals surface area contributed by atoms with E-state index in [4.69, 9.17) is 10.5 Å². The van der Waals surface area contributed by atoms with Gasteiger partial charge in [-0.2, -0.15) is 0 Å². The Morgan fingerprint density at radius 1 is 1.16 bits per heavy atom. The summed E-state index contributed by atoms with van der Waals surface area (Å²) in [4.78, 5) is 26.1. The van der Waals surface area contributed by atoms with Crippen LogP contribution >= 0.6 is 0 Å². The van der Waals surface area contributed by atoms with Crippen molar-refractivity contribution in [1.82, 2.24) is 9.62 Å². The third-order valence-electron chi connectivity index (χ3n) is 5.32. The van der Waals surface area contributed by atoms with Gasteiger partial charge in [0.05, 0.1) is 18.0 Å². The van der Waals surface area contributed by atoms with Crippen LogP contribution in [0.5, 0.6) is 0 Å². The summed E-state index contributed by atoms with van der Waals surface area (Å²) in [5.74, 6) is -1.47. The normalized spacial score (nSPS) is 17.2. The van der Waals surface area contributed by atoms with Crippen molar-refractivity contribution in [3.8, 4) is 0 Å². The van der Waals surface area contributed by atoms with Gasteiger partial charge in [0.2, 0.25) is 0 Å². The fraction of sp³-hybridized carbons (Fsp3) is 0.364. The number of rotatable bonds is 7. The number of carbonyl (C=O) groups is 2. The maximum absolute atomic E-state index is 13.6. The molecule has 3 N–H and O–H groups in total. The van der Waals surface area contributed by atoms with Crippen LogP contribution in [0.4, 0.5) is 5.69 Å². The van der Waals surface area contributed by atoms with Crippen LogP contribution in [0.3, 0.4) is 0 Å². The molecule has 31 heavy (non-hydrogen) atoms. The molecule has 3 rings (SSSR count). The van der Waals surface area contributed by atoms with Crippen LogP contribution in [0.2, 0.25) is 0 Å². The second-order valence-corrected chi connectivity index (χ2v) is 9.40. The fourth-order valence-corrected chi connectivity index (χ4v) is 5.15. The molecule has 1 amide bonds. The molecule has 8 nitrogen and oxygen atoms in total. The summed E-state index contributed by atoms with van der Waals surface area (Å²) in [6.45, 7) is 2.44. The van der Waals surface area contributed by atoms with Gasteiger partial charge < -0.3 is 15.8 Å². The zero-order valence-corrected chi connectivity index (χ0v) is 18.4. The maximum Gasteiger partial charge on any atom is 0.330 e. The van der Waals surface area contributed by atoms with Gasteiger partial charge in [0.15, 0.2) is 0 Å². The minimum Gasteiger partial charge on any atom is -0.467 e. The number of hydrogen-bond donors (Lipinski definition) is 2. The van der Waals surface area contributed by atoms with Gasteiger partial charge in [0.1, 0.15) is 6.04 Å². The van der Waals surface area contributed by atoms with Crippen LogP contribution in [0, 0.1) is 6.92 Å². The Bertz CT molecular complexity index is 1030. The Balaban J connectivity index is 2.08. The number of anilines is 1. The molecule has 0 aromatic heterocycles. The lowest BCUT2D eigenvalue weighted by atomic mass is 10.0. The van der Waals surface area contributed by atoms with E-state index in [1.54, 1.807) is 36.4 Å². The summed E-state index contributed by atoms with van der Waals surface area (Å²) in [5.41, 5.74) is 7.80. The summed E-state index contributed by atoms with van der Waals surface area (Å²) in [6, 6.07) is 10.8. The van der Waals surface area contributed by atoms with Gasteiger partial charge in [0.25, 0.3) is 15.9 Å². The molecule has 166 valence electrons. The van der Waals surface area contributed by atoms with E-state index < -0.39 is 34.0 Å². The highest BCUT2D eigenvalue weighted by atomic mass is 32.2. The van der Waals surface area contributed by atoms with E-state index in [1.165, 1.54) is 19.2 Å². The highest BCUT2D eigenvalue weighted by Gasteiger charge is 2.43. The molecule has 0 aliphatic carbocycles. The predicted octanol–water partition coefficient (Wildman–Crippen LogP) is 1.63. The first kappa shape index (κ1) is 22.8. The Morgan fingerprint density at radius 3 is 2.35 bits per heavy atom. The molecule has 9 heteroatoms. The monoisotopic (exact) mass is 445 g/mol.